The standard InChI is InChI=1S/C13H16N2O2/c1-9-7-8-12(17-9)13(15-14)10-5-3-4-6-11(10)16-2/h3-8,13,15H,14H2,1-2H3. The molecule has 1 aromatic heterocycles. The fourth-order valence-electron chi connectivity index (χ4n) is 1.84. The Bertz CT molecular complexity index is 494. The van der Waals surface area contributed by atoms with Crippen LogP contribution in [0.2, 0.25) is 0 Å². The van der Waals surface area contributed by atoms with E-state index in [1.165, 1.54) is 0 Å². The molecule has 17 heavy (non-hydrogen) atoms. The summed E-state index contributed by atoms with van der Waals surface area (Å²) in [6.07, 6.45) is 0. The Labute approximate surface area is 100 Å². The van der Waals surface area contributed by atoms with Crippen LogP contribution in [0, 0.1) is 6.92 Å². The van der Waals surface area contributed by atoms with Gasteiger partial charge >= 0.3 is 0 Å². The molecule has 0 aliphatic heterocycles. The average Bonchev–Trinajstić information content (AvgIpc) is 2.77. The van der Waals surface area contributed by atoms with E-state index in [1.54, 1.807) is 7.11 Å². The largest absolute Gasteiger partial charge is 0.496 e. The molecule has 1 heterocycles. The Morgan fingerprint density at radius 3 is 2.59 bits per heavy atom. The van der Waals surface area contributed by atoms with Crippen LogP contribution in [0.5, 0.6) is 5.75 Å². The average molecular weight is 232 g/mol. The summed E-state index contributed by atoms with van der Waals surface area (Å²) in [6.45, 7) is 1.90. The minimum absolute atomic E-state index is 0.208. The first-order chi connectivity index (χ1) is 8.26. The highest BCUT2D eigenvalue weighted by atomic mass is 16.5. The minimum Gasteiger partial charge on any atom is -0.496 e. The van der Waals surface area contributed by atoms with E-state index in [4.69, 9.17) is 15.0 Å². The van der Waals surface area contributed by atoms with E-state index in [2.05, 4.69) is 5.43 Å². The van der Waals surface area contributed by atoms with Crippen molar-refractivity contribution in [3.05, 3.63) is 53.5 Å². The van der Waals surface area contributed by atoms with E-state index in [0.717, 1.165) is 22.8 Å². The third-order valence-corrected chi connectivity index (χ3v) is 2.66. The van der Waals surface area contributed by atoms with Gasteiger partial charge in [-0.2, -0.15) is 0 Å². The second kappa shape index (κ2) is 5.03. The van der Waals surface area contributed by atoms with E-state index in [1.807, 2.05) is 43.3 Å². The number of para-hydroxylation sites is 1. The Hall–Kier alpha value is -1.78. The van der Waals surface area contributed by atoms with Gasteiger partial charge in [0.1, 0.15) is 23.3 Å². The van der Waals surface area contributed by atoms with Gasteiger partial charge < -0.3 is 9.15 Å². The molecule has 0 amide bonds. The topological polar surface area (TPSA) is 60.4 Å². The summed E-state index contributed by atoms with van der Waals surface area (Å²) in [5.74, 6) is 8.02. The molecule has 1 unspecified atom stereocenters. The smallest absolute Gasteiger partial charge is 0.127 e. The van der Waals surface area contributed by atoms with Gasteiger partial charge in [-0.05, 0) is 25.1 Å². The summed E-state index contributed by atoms with van der Waals surface area (Å²) in [7, 11) is 1.64. The molecular weight excluding hydrogens is 216 g/mol. The molecule has 4 nitrogen and oxygen atoms in total. The molecule has 2 rings (SSSR count). The van der Waals surface area contributed by atoms with Crippen molar-refractivity contribution in [2.45, 2.75) is 13.0 Å². The molecule has 1 aromatic carbocycles. The summed E-state index contributed by atoms with van der Waals surface area (Å²) in [5, 5.41) is 0. The molecule has 0 saturated carbocycles. The zero-order chi connectivity index (χ0) is 12.3. The molecule has 0 bridgehead atoms. The molecule has 0 fully saturated rings. The molecule has 3 N–H and O–H groups in total. The van der Waals surface area contributed by atoms with Gasteiger partial charge in [0, 0.05) is 5.56 Å². The highest BCUT2D eigenvalue weighted by molar-refractivity contribution is 5.39. The number of nitrogens with one attached hydrogen (secondary N) is 1. The van der Waals surface area contributed by atoms with E-state index in [9.17, 15) is 0 Å². The third kappa shape index (κ3) is 2.33. The number of hydrazine groups is 1. The van der Waals surface area contributed by atoms with Gasteiger partial charge in [0.2, 0.25) is 0 Å². The Morgan fingerprint density at radius 1 is 1.24 bits per heavy atom. The van der Waals surface area contributed by atoms with Crippen molar-refractivity contribution >= 4 is 0 Å². The Kier molecular flexibility index (Phi) is 3.46. The van der Waals surface area contributed by atoms with Crippen molar-refractivity contribution in [2.75, 3.05) is 7.11 Å². The summed E-state index contributed by atoms with van der Waals surface area (Å²) in [4.78, 5) is 0. The Balaban J connectivity index is 2.41. The van der Waals surface area contributed by atoms with E-state index >= 15 is 0 Å². The lowest BCUT2D eigenvalue weighted by Crippen LogP contribution is -2.28. The third-order valence-electron chi connectivity index (χ3n) is 2.66. The Morgan fingerprint density at radius 2 is 2.00 bits per heavy atom. The van der Waals surface area contributed by atoms with Crippen molar-refractivity contribution < 1.29 is 9.15 Å². The lowest BCUT2D eigenvalue weighted by atomic mass is 10.0. The first-order valence-corrected chi connectivity index (χ1v) is 5.41. The highest BCUT2D eigenvalue weighted by Crippen LogP contribution is 2.30. The molecule has 0 saturated heterocycles. The number of furan rings is 1. The molecule has 2 aromatic rings. The fourth-order valence-corrected chi connectivity index (χ4v) is 1.84. The highest BCUT2D eigenvalue weighted by Gasteiger charge is 2.19. The zero-order valence-electron chi connectivity index (χ0n) is 9.94. The van der Waals surface area contributed by atoms with Gasteiger partial charge in [-0.3, -0.25) is 5.84 Å². The summed E-state index contributed by atoms with van der Waals surface area (Å²) >= 11 is 0. The number of hydrogen-bond acceptors (Lipinski definition) is 4. The van der Waals surface area contributed by atoms with Crippen molar-refractivity contribution in [3.8, 4) is 5.75 Å². The normalized spacial score (nSPS) is 12.4. The number of methoxy groups -OCH3 is 1. The van der Waals surface area contributed by atoms with Gasteiger partial charge in [-0.15, -0.1) is 0 Å². The maximum Gasteiger partial charge on any atom is 0.127 e. The second-order valence-corrected chi connectivity index (χ2v) is 3.79. The van der Waals surface area contributed by atoms with Crippen LogP contribution in [0.25, 0.3) is 0 Å². The molecular formula is C13H16N2O2. The quantitative estimate of drug-likeness (QED) is 0.626. The minimum atomic E-state index is -0.208. The van der Waals surface area contributed by atoms with Crippen LogP contribution in [0.4, 0.5) is 0 Å². The van der Waals surface area contributed by atoms with Crippen LogP contribution in [0.3, 0.4) is 0 Å². The molecule has 1 atom stereocenters. The molecule has 90 valence electrons. The van der Waals surface area contributed by atoms with Crippen LogP contribution < -0.4 is 16.0 Å². The summed E-state index contributed by atoms with van der Waals surface area (Å²) in [6, 6.07) is 11.3. The molecule has 0 aliphatic carbocycles. The lowest BCUT2D eigenvalue weighted by Gasteiger charge is -2.16. The van der Waals surface area contributed by atoms with Crippen molar-refractivity contribution in [3.63, 3.8) is 0 Å². The predicted molar refractivity (Wildman–Crippen MR) is 65.6 cm³/mol. The number of benzene rings is 1. The van der Waals surface area contributed by atoms with Crippen LogP contribution >= 0.6 is 0 Å². The summed E-state index contributed by atoms with van der Waals surface area (Å²) < 4.78 is 10.9. The van der Waals surface area contributed by atoms with Crippen LogP contribution in [0.15, 0.2) is 40.8 Å². The predicted octanol–water partition coefficient (Wildman–Crippen LogP) is 2.15. The number of nitrogens with two attached hydrogens (primary N) is 1. The number of rotatable bonds is 4. The van der Waals surface area contributed by atoms with E-state index < -0.39 is 0 Å². The van der Waals surface area contributed by atoms with Gasteiger partial charge in [0.15, 0.2) is 0 Å². The second-order valence-electron chi connectivity index (χ2n) is 3.79. The van der Waals surface area contributed by atoms with E-state index in [-0.39, 0.29) is 6.04 Å². The van der Waals surface area contributed by atoms with Crippen LogP contribution in [-0.4, -0.2) is 7.11 Å². The molecule has 0 spiro atoms. The van der Waals surface area contributed by atoms with Gasteiger partial charge in [-0.25, -0.2) is 5.43 Å². The summed E-state index contributed by atoms with van der Waals surface area (Å²) in [5.41, 5.74) is 3.70. The first kappa shape index (κ1) is 11.7. The first-order valence-electron chi connectivity index (χ1n) is 5.41. The maximum absolute atomic E-state index is 5.60. The maximum atomic E-state index is 5.60. The lowest BCUT2D eigenvalue weighted by molar-refractivity contribution is 0.390. The monoisotopic (exact) mass is 232 g/mol. The zero-order valence-corrected chi connectivity index (χ0v) is 9.94. The molecule has 0 radical (unpaired) electrons. The van der Waals surface area contributed by atoms with Crippen molar-refractivity contribution in [1.82, 2.24) is 5.43 Å². The van der Waals surface area contributed by atoms with Gasteiger partial charge in [0.05, 0.1) is 7.11 Å². The number of hydrogen-bond donors (Lipinski definition) is 2. The molecule has 0 aliphatic rings. The van der Waals surface area contributed by atoms with E-state index in [0.29, 0.717) is 0 Å². The van der Waals surface area contributed by atoms with Crippen molar-refractivity contribution in [1.29, 1.82) is 0 Å². The van der Waals surface area contributed by atoms with Gasteiger partial charge in [0.25, 0.3) is 0 Å². The fraction of sp³-hybridized carbons (Fsp3) is 0.231. The number of ether oxygens (including phenoxy) is 1. The molecule has 4 heteroatoms. The van der Waals surface area contributed by atoms with Crippen LogP contribution in [-0.2, 0) is 0 Å². The van der Waals surface area contributed by atoms with Crippen molar-refractivity contribution in [2.24, 2.45) is 5.84 Å². The van der Waals surface area contributed by atoms with Crippen LogP contribution in [0.1, 0.15) is 23.1 Å². The number of aryl methyl sites for hydroxylation is 1. The SMILES string of the molecule is COc1ccccc1C(NN)c1ccc(C)o1. The van der Waals surface area contributed by atoms with Gasteiger partial charge in [-0.1, -0.05) is 18.2 Å².